The molecule has 0 aromatic rings. The number of unbranched alkanes of at least 4 members (excludes halogenated alkanes) is 27. The van der Waals surface area contributed by atoms with Crippen LogP contribution >= 0.6 is 0 Å². The van der Waals surface area contributed by atoms with Gasteiger partial charge >= 0.3 is 11.9 Å². The Morgan fingerprint density at radius 2 is 0.750 bits per heavy atom. The summed E-state index contributed by atoms with van der Waals surface area (Å²) < 4.78 is 6.06. The number of esters is 1. The lowest BCUT2D eigenvalue weighted by Gasteiger charge is -2.18. The standard InChI is InChI=1S/C48H88O4/c1-3-5-7-9-11-13-15-16-17-18-19-20-21-22-23-24-26-28-33-37-41-45-48(51)52-46(43-39-35-31-29-32-36-40-44-47(49)50)42-38-34-30-27-25-14-12-10-8-6-4-2/h11,13,16-17,22-23,46H,3-10,12,14-15,18-21,24-45H2,1-2H3,(H,49,50)/b13-11-,17-16-,23-22-. The van der Waals surface area contributed by atoms with Gasteiger partial charge in [0.25, 0.3) is 0 Å². The van der Waals surface area contributed by atoms with Crippen molar-refractivity contribution in [1.82, 2.24) is 0 Å². The molecule has 0 saturated heterocycles. The minimum absolute atomic E-state index is 0.0135. The third-order valence-corrected chi connectivity index (χ3v) is 10.3. The van der Waals surface area contributed by atoms with Gasteiger partial charge < -0.3 is 9.84 Å². The molecule has 0 aliphatic heterocycles. The number of carbonyl (C=O) groups is 2. The lowest BCUT2D eigenvalue weighted by atomic mass is 10.0. The first-order valence-corrected chi connectivity index (χ1v) is 23.0. The highest BCUT2D eigenvalue weighted by atomic mass is 16.5. The van der Waals surface area contributed by atoms with E-state index in [2.05, 4.69) is 50.3 Å². The van der Waals surface area contributed by atoms with Crippen molar-refractivity contribution in [2.45, 2.75) is 258 Å². The average molecular weight is 729 g/mol. The minimum Gasteiger partial charge on any atom is -0.481 e. The Morgan fingerprint density at radius 3 is 1.21 bits per heavy atom. The number of hydrogen-bond acceptors (Lipinski definition) is 3. The molecular formula is C48H88O4. The Labute approximate surface area is 324 Å². The molecule has 0 radical (unpaired) electrons. The van der Waals surface area contributed by atoms with Crippen molar-refractivity contribution in [3.8, 4) is 0 Å². The van der Waals surface area contributed by atoms with Gasteiger partial charge in [-0.1, -0.05) is 179 Å². The molecule has 0 bridgehead atoms. The molecule has 52 heavy (non-hydrogen) atoms. The molecule has 0 saturated carbocycles. The summed E-state index contributed by atoms with van der Waals surface area (Å²) in [4.78, 5) is 23.4. The number of allylic oxidation sites excluding steroid dienone is 6. The molecule has 4 nitrogen and oxygen atoms in total. The van der Waals surface area contributed by atoms with Crippen molar-refractivity contribution in [3.63, 3.8) is 0 Å². The Kier molecular flexibility index (Phi) is 42.0. The van der Waals surface area contributed by atoms with Crippen molar-refractivity contribution in [2.24, 2.45) is 0 Å². The molecule has 0 amide bonds. The monoisotopic (exact) mass is 729 g/mol. The highest BCUT2D eigenvalue weighted by Crippen LogP contribution is 2.19. The Bertz CT molecular complexity index is 828. The molecule has 0 aliphatic carbocycles. The quantitative estimate of drug-likeness (QED) is 0.0386. The van der Waals surface area contributed by atoms with Crippen LogP contribution in [0.1, 0.15) is 251 Å². The molecule has 0 aliphatic rings. The average Bonchev–Trinajstić information content (AvgIpc) is 3.13. The molecule has 0 aromatic carbocycles. The molecule has 0 spiro atoms. The van der Waals surface area contributed by atoms with Crippen LogP contribution in [-0.4, -0.2) is 23.1 Å². The Morgan fingerprint density at radius 1 is 0.423 bits per heavy atom. The van der Waals surface area contributed by atoms with Crippen LogP contribution in [-0.2, 0) is 14.3 Å². The van der Waals surface area contributed by atoms with Gasteiger partial charge in [-0.25, -0.2) is 0 Å². The van der Waals surface area contributed by atoms with E-state index in [9.17, 15) is 9.59 Å². The number of hydrogen-bond donors (Lipinski definition) is 1. The fourth-order valence-corrected chi connectivity index (χ4v) is 6.92. The molecular weight excluding hydrogens is 641 g/mol. The summed E-state index contributed by atoms with van der Waals surface area (Å²) in [6, 6.07) is 0. The zero-order valence-electron chi connectivity index (χ0n) is 34.9. The largest absolute Gasteiger partial charge is 0.481 e. The highest BCUT2D eigenvalue weighted by molar-refractivity contribution is 5.69. The van der Waals surface area contributed by atoms with Crippen LogP contribution in [0.5, 0.6) is 0 Å². The molecule has 1 atom stereocenters. The molecule has 0 rings (SSSR count). The molecule has 0 aromatic heterocycles. The second-order valence-corrected chi connectivity index (χ2v) is 15.6. The van der Waals surface area contributed by atoms with E-state index in [1.54, 1.807) is 0 Å². The van der Waals surface area contributed by atoms with Gasteiger partial charge in [0.15, 0.2) is 0 Å². The van der Waals surface area contributed by atoms with E-state index in [-0.39, 0.29) is 12.1 Å². The molecule has 0 heterocycles. The zero-order valence-corrected chi connectivity index (χ0v) is 34.9. The van der Waals surface area contributed by atoms with Crippen LogP contribution in [0.25, 0.3) is 0 Å². The predicted molar refractivity (Wildman–Crippen MR) is 227 cm³/mol. The van der Waals surface area contributed by atoms with E-state index in [4.69, 9.17) is 9.84 Å². The topological polar surface area (TPSA) is 63.6 Å². The smallest absolute Gasteiger partial charge is 0.306 e. The van der Waals surface area contributed by atoms with Gasteiger partial charge in [0.2, 0.25) is 0 Å². The molecule has 1 N–H and O–H groups in total. The predicted octanol–water partition coefficient (Wildman–Crippen LogP) is 16.1. The van der Waals surface area contributed by atoms with Crippen molar-refractivity contribution >= 4 is 11.9 Å². The van der Waals surface area contributed by atoms with Gasteiger partial charge in [0, 0.05) is 12.8 Å². The van der Waals surface area contributed by atoms with Gasteiger partial charge in [-0.3, -0.25) is 9.59 Å². The molecule has 304 valence electrons. The summed E-state index contributed by atoms with van der Waals surface area (Å²) in [5, 5.41) is 8.79. The first-order valence-electron chi connectivity index (χ1n) is 23.0. The van der Waals surface area contributed by atoms with Crippen LogP contribution in [0.3, 0.4) is 0 Å². The van der Waals surface area contributed by atoms with Crippen molar-refractivity contribution < 1.29 is 19.4 Å². The third-order valence-electron chi connectivity index (χ3n) is 10.3. The minimum atomic E-state index is -0.686. The molecule has 4 heteroatoms. The Balaban J connectivity index is 4.01. The second kappa shape index (κ2) is 43.6. The summed E-state index contributed by atoms with van der Waals surface area (Å²) in [5.74, 6) is -0.672. The van der Waals surface area contributed by atoms with E-state index >= 15 is 0 Å². The number of ether oxygens (including phenoxy) is 1. The van der Waals surface area contributed by atoms with Gasteiger partial charge in [-0.2, -0.15) is 0 Å². The summed E-state index contributed by atoms with van der Waals surface area (Å²) in [6.45, 7) is 4.54. The van der Waals surface area contributed by atoms with Crippen LogP contribution in [0.2, 0.25) is 0 Å². The van der Waals surface area contributed by atoms with Crippen LogP contribution in [0.4, 0.5) is 0 Å². The van der Waals surface area contributed by atoms with Crippen molar-refractivity contribution in [2.75, 3.05) is 0 Å². The zero-order chi connectivity index (χ0) is 37.8. The van der Waals surface area contributed by atoms with Gasteiger partial charge in [0.1, 0.15) is 6.10 Å². The maximum Gasteiger partial charge on any atom is 0.306 e. The van der Waals surface area contributed by atoms with Crippen LogP contribution in [0, 0.1) is 0 Å². The maximum absolute atomic E-state index is 12.8. The van der Waals surface area contributed by atoms with Gasteiger partial charge in [-0.15, -0.1) is 0 Å². The number of carbonyl (C=O) groups excluding carboxylic acids is 1. The Hall–Kier alpha value is -1.84. The SMILES string of the molecule is CCCCC/C=C\C/C=C\CCCC/C=C\CCCCCCCC(=O)OC(CCCCCCCCCCCCC)CCCCCCCCCC(=O)O. The summed E-state index contributed by atoms with van der Waals surface area (Å²) in [7, 11) is 0. The molecule has 1 unspecified atom stereocenters. The first kappa shape index (κ1) is 50.2. The second-order valence-electron chi connectivity index (χ2n) is 15.6. The van der Waals surface area contributed by atoms with E-state index < -0.39 is 5.97 Å². The number of rotatable bonds is 42. The van der Waals surface area contributed by atoms with E-state index in [0.29, 0.717) is 12.8 Å². The maximum atomic E-state index is 12.8. The normalized spacial score (nSPS) is 12.5. The lowest BCUT2D eigenvalue weighted by molar-refractivity contribution is -0.150. The van der Waals surface area contributed by atoms with Crippen LogP contribution < -0.4 is 0 Å². The molecule has 0 fully saturated rings. The summed E-state index contributed by atoms with van der Waals surface area (Å²) in [6.07, 6.45) is 57.5. The number of aliphatic carboxylic acids is 1. The number of carboxylic acids is 1. The lowest BCUT2D eigenvalue weighted by Crippen LogP contribution is -2.18. The van der Waals surface area contributed by atoms with Gasteiger partial charge in [0.05, 0.1) is 0 Å². The van der Waals surface area contributed by atoms with Crippen molar-refractivity contribution in [3.05, 3.63) is 36.5 Å². The van der Waals surface area contributed by atoms with Crippen molar-refractivity contribution in [1.29, 1.82) is 0 Å². The third kappa shape index (κ3) is 42.6. The van der Waals surface area contributed by atoms with Crippen LogP contribution in [0.15, 0.2) is 36.5 Å². The van der Waals surface area contributed by atoms with E-state index in [1.807, 2.05) is 0 Å². The van der Waals surface area contributed by atoms with E-state index in [1.165, 1.54) is 167 Å². The fourth-order valence-electron chi connectivity index (χ4n) is 6.92. The highest BCUT2D eigenvalue weighted by Gasteiger charge is 2.14. The number of carboxylic acid groups (broad SMARTS) is 1. The first-order chi connectivity index (χ1) is 25.6. The van der Waals surface area contributed by atoms with E-state index in [0.717, 1.165) is 57.8 Å². The summed E-state index contributed by atoms with van der Waals surface area (Å²) in [5.41, 5.74) is 0. The fraction of sp³-hybridized carbons (Fsp3) is 0.833. The summed E-state index contributed by atoms with van der Waals surface area (Å²) >= 11 is 0. The van der Waals surface area contributed by atoms with Gasteiger partial charge in [-0.05, 0) is 96.3 Å².